The highest BCUT2D eigenvalue weighted by Gasteiger charge is 2.31. The molecule has 1 aliphatic rings. The Labute approximate surface area is 172 Å². The molecule has 0 spiro atoms. The number of hydrogen-bond donors (Lipinski definition) is 3. The van der Waals surface area contributed by atoms with E-state index >= 15 is 0 Å². The topological polar surface area (TPSA) is 99.8 Å². The number of urea groups is 1. The van der Waals surface area contributed by atoms with E-state index in [1.54, 1.807) is 13.2 Å². The summed E-state index contributed by atoms with van der Waals surface area (Å²) in [6, 6.07) is 7.15. The van der Waals surface area contributed by atoms with Gasteiger partial charge in [-0.05, 0) is 30.4 Å². The van der Waals surface area contributed by atoms with E-state index in [9.17, 15) is 14.4 Å². The minimum absolute atomic E-state index is 0.00640. The Balaban J connectivity index is 1.82. The highest BCUT2D eigenvalue weighted by atomic mass is 16.5. The fraction of sp³-hybridized carbons (Fsp3) is 0.571. The zero-order valence-electron chi connectivity index (χ0n) is 17.5. The molecule has 0 saturated carbocycles. The van der Waals surface area contributed by atoms with E-state index < -0.39 is 0 Å². The second-order valence-electron chi connectivity index (χ2n) is 7.36. The number of anilines is 1. The number of carbonyl (C=O) groups is 3. The molecular formula is C21H32N4O4. The van der Waals surface area contributed by atoms with Crippen LogP contribution in [0.15, 0.2) is 24.3 Å². The van der Waals surface area contributed by atoms with E-state index in [2.05, 4.69) is 22.9 Å². The van der Waals surface area contributed by atoms with Crippen LogP contribution in [-0.2, 0) is 9.59 Å². The molecule has 1 fully saturated rings. The van der Waals surface area contributed by atoms with Crippen molar-refractivity contribution in [3.8, 4) is 5.75 Å². The van der Waals surface area contributed by atoms with Gasteiger partial charge in [-0.2, -0.15) is 0 Å². The Morgan fingerprint density at radius 1 is 1.17 bits per heavy atom. The van der Waals surface area contributed by atoms with Crippen LogP contribution in [0.25, 0.3) is 0 Å². The third kappa shape index (κ3) is 7.29. The maximum atomic E-state index is 12.6. The molecule has 1 heterocycles. The van der Waals surface area contributed by atoms with E-state index in [1.807, 2.05) is 23.1 Å². The molecule has 1 saturated heterocycles. The van der Waals surface area contributed by atoms with Crippen molar-refractivity contribution in [3.05, 3.63) is 24.3 Å². The predicted molar refractivity (Wildman–Crippen MR) is 112 cm³/mol. The molecule has 160 valence electrons. The van der Waals surface area contributed by atoms with Crippen LogP contribution in [0.5, 0.6) is 5.75 Å². The predicted octanol–water partition coefficient (Wildman–Crippen LogP) is 2.22. The minimum Gasteiger partial charge on any atom is -0.497 e. The molecule has 29 heavy (non-hydrogen) atoms. The number of hydrogen-bond acceptors (Lipinski definition) is 4. The lowest BCUT2D eigenvalue weighted by Gasteiger charge is -2.38. The maximum absolute atomic E-state index is 12.6. The number of ether oxygens (including phenoxy) is 1. The number of rotatable bonds is 8. The van der Waals surface area contributed by atoms with Gasteiger partial charge in [0.05, 0.1) is 7.11 Å². The summed E-state index contributed by atoms with van der Waals surface area (Å²) in [6.07, 6.45) is 2.15. The zero-order chi connectivity index (χ0) is 21.2. The van der Waals surface area contributed by atoms with E-state index in [0.29, 0.717) is 44.0 Å². The number of methoxy groups -OCH3 is 1. The molecule has 1 aromatic rings. The van der Waals surface area contributed by atoms with Crippen LogP contribution in [0, 0.1) is 11.8 Å². The average molecular weight is 405 g/mol. The smallest absolute Gasteiger partial charge is 0.321 e. The second kappa shape index (κ2) is 11.3. The van der Waals surface area contributed by atoms with Crippen molar-refractivity contribution in [1.29, 1.82) is 0 Å². The highest BCUT2D eigenvalue weighted by molar-refractivity contribution is 5.89. The monoisotopic (exact) mass is 404 g/mol. The summed E-state index contributed by atoms with van der Waals surface area (Å²) in [5, 5.41) is 8.43. The van der Waals surface area contributed by atoms with Crippen LogP contribution >= 0.6 is 0 Å². The van der Waals surface area contributed by atoms with Crippen molar-refractivity contribution in [2.24, 2.45) is 11.8 Å². The lowest BCUT2D eigenvalue weighted by atomic mass is 9.81. The number of likely N-dealkylation sites (tertiary alicyclic amines) is 1. The molecule has 1 aliphatic heterocycles. The van der Waals surface area contributed by atoms with Crippen LogP contribution in [0.2, 0.25) is 0 Å². The number of nitrogens with zero attached hydrogens (tertiary/aromatic N) is 1. The number of amides is 4. The lowest BCUT2D eigenvalue weighted by molar-refractivity contribution is -0.123. The van der Waals surface area contributed by atoms with E-state index in [1.165, 1.54) is 6.92 Å². The standard InChI is InChI=1S/C21H32N4O4/c1-4-16-14-25(21(28)24-18-6-5-7-19(13-18)29-3)11-8-17(16)12-20(27)23-10-9-22-15(2)26/h5-7,13,16-17H,4,8-12,14H2,1-3H3,(H,22,26)(H,23,27)(H,24,28)/t16-,17+/m1/s1. The van der Waals surface area contributed by atoms with Crippen LogP contribution in [0.1, 0.15) is 33.1 Å². The highest BCUT2D eigenvalue weighted by Crippen LogP contribution is 2.29. The summed E-state index contributed by atoms with van der Waals surface area (Å²) >= 11 is 0. The van der Waals surface area contributed by atoms with Gasteiger partial charge < -0.3 is 25.6 Å². The quantitative estimate of drug-likeness (QED) is 0.579. The van der Waals surface area contributed by atoms with Crippen molar-refractivity contribution in [2.75, 3.05) is 38.6 Å². The molecule has 0 unspecified atom stereocenters. The summed E-state index contributed by atoms with van der Waals surface area (Å²) in [5.74, 6) is 1.11. The number of nitrogens with one attached hydrogen (secondary N) is 3. The third-order valence-electron chi connectivity index (χ3n) is 5.29. The van der Waals surface area contributed by atoms with Gasteiger partial charge in [-0.25, -0.2) is 4.79 Å². The summed E-state index contributed by atoms with van der Waals surface area (Å²) in [6.45, 7) is 5.66. The molecule has 0 aromatic heterocycles. The first-order valence-corrected chi connectivity index (χ1v) is 10.1. The molecule has 2 rings (SSSR count). The van der Waals surface area contributed by atoms with Crippen LogP contribution in [0.4, 0.5) is 10.5 Å². The van der Waals surface area contributed by atoms with Crippen molar-refractivity contribution in [3.63, 3.8) is 0 Å². The second-order valence-corrected chi connectivity index (χ2v) is 7.36. The molecule has 4 amide bonds. The Morgan fingerprint density at radius 3 is 2.62 bits per heavy atom. The minimum atomic E-state index is -0.130. The Hall–Kier alpha value is -2.77. The molecule has 0 radical (unpaired) electrons. The zero-order valence-corrected chi connectivity index (χ0v) is 17.5. The molecule has 0 aliphatic carbocycles. The van der Waals surface area contributed by atoms with Gasteiger partial charge in [0, 0.05) is 51.3 Å². The summed E-state index contributed by atoms with van der Waals surface area (Å²) in [7, 11) is 1.59. The number of piperidine rings is 1. The molecule has 1 aromatic carbocycles. The van der Waals surface area contributed by atoms with Crippen LogP contribution in [0.3, 0.4) is 0 Å². The fourth-order valence-corrected chi connectivity index (χ4v) is 3.65. The van der Waals surface area contributed by atoms with Gasteiger partial charge in [-0.15, -0.1) is 0 Å². The molecule has 3 N–H and O–H groups in total. The van der Waals surface area contributed by atoms with Gasteiger partial charge in [0.15, 0.2) is 0 Å². The van der Waals surface area contributed by atoms with E-state index in [0.717, 1.165) is 12.8 Å². The molecule has 8 nitrogen and oxygen atoms in total. The Kier molecular flexibility index (Phi) is 8.76. The maximum Gasteiger partial charge on any atom is 0.321 e. The first-order chi connectivity index (χ1) is 13.9. The molecule has 8 heteroatoms. The molecule has 0 bridgehead atoms. The van der Waals surface area contributed by atoms with Crippen molar-refractivity contribution in [1.82, 2.24) is 15.5 Å². The first-order valence-electron chi connectivity index (χ1n) is 10.1. The lowest BCUT2D eigenvalue weighted by Crippen LogP contribution is -2.46. The van der Waals surface area contributed by atoms with Crippen molar-refractivity contribution >= 4 is 23.5 Å². The summed E-state index contributed by atoms with van der Waals surface area (Å²) in [4.78, 5) is 37.5. The summed E-state index contributed by atoms with van der Waals surface area (Å²) in [5.41, 5.74) is 0.697. The van der Waals surface area contributed by atoms with Gasteiger partial charge in [-0.3, -0.25) is 9.59 Å². The Bertz CT molecular complexity index is 710. The number of benzene rings is 1. The van der Waals surface area contributed by atoms with Crippen molar-refractivity contribution in [2.45, 2.75) is 33.1 Å². The Morgan fingerprint density at radius 2 is 1.93 bits per heavy atom. The van der Waals surface area contributed by atoms with E-state index in [4.69, 9.17) is 4.74 Å². The largest absolute Gasteiger partial charge is 0.497 e. The van der Waals surface area contributed by atoms with Gasteiger partial charge >= 0.3 is 6.03 Å². The van der Waals surface area contributed by atoms with Gasteiger partial charge in [0.2, 0.25) is 11.8 Å². The SMILES string of the molecule is CC[C@@H]1CN(C(=O)Nc2cccc(OC)c2)CC[C@H]1CC(=O)NCCNC(C)=O. The van der Waals surface area contributed by atoms with Crippen molar-refractivity contribution < 1.29 is 19.1 Å². The normalized spacial score (nSPS) is 18.7. The van der Waals surface area contributed by atoms with Crippen LogP contribution < -0.4 is 20.7 Å². The summed E-state index contributed by atoms with van der Waals surface area (Å²) < 4.78 is 5.19. The molecule has 2 atom stereocenters. The average Bonchev–Trinajstić information content (AvgIpc) is 2.71. The van der Waals surface area contributed by atoms with E-state index in [-0.39, 0.29) is 29.7 Å². The third-order valence-corrected chi connectivity index (χ3v) is 5.29. The van der Waals surface area contributed by atoms with Gasteiger partial charge in [0.1, 0.15) is 5.75 Å². The fourth-order valence-electron chi connectivity index (χ4n) is 3.65. The van der Waals surface area contributed by atoms with Crippen LogP contribution in [-0.4, -0.2) is 56.0 Å². The van der Waals surface area contributed by atoms with Gasteiger partial charge in [0.25, 0.3) is 0 Å². The molecular weight excluding hydrogens is 372 g/mol. The number of carbonyl (C=O) groups excluding carboxylic acids is 3. The van der Waals surface area contributed by atoms with Gasteiger partial charge in [-0.1, -0.05) is 19.4 Å². The first kappa shape index (κ1) is 22.5.